The predicted molar refractivity (Wildman–Crippen MR) is 139 cm³/mol. The monoisotopic (exact) mass is 611 g/mol. The molecule has 1 heterocycles. The molecule has 0 spiro atoms. The quantitative estimate of drug-likeness (QED) is 0.320. The number of hydrogen-bond donors (Lipinski definition) is 2. The minimum Gasteiger partial charge on any atom is -0.327 e. The summed E-state index contributed by atoms with van der Waals surface area (Å²) in [6.45, 7) is 0. The number of nitrogens with one attached hydrogen (secondary N) is 2. The number of amides is 2. The molecular weight excluding hydrogens is 588 g/mol. The number of anilines is 1. The van der Waals surface area contributed by atoms with Crippen molar-refractivity contribution in [1.82, 2.24) is 15.3 Å². The highest BCUT2D eigenvalue weighted by Gasteiger charge is 2.39. The minimum atomic E-state index is -5.15. The van der Waals surface area contributed by atoms with Crippen LogP contribution in [0.15, 0.2) is 53.6 Å². The SMILES string of the molecule is CS(=O)(=O)c1ccc(-c2ccc(NC(=O)NC3(c4ccnc(C#N)n4)CCCCC3)cc2C(F)(F)F)cc1C(F)(F)F. The Morgan fingerprint density at radius 2 is 1.62 bits per heavy atom. The molecule has 1 fully saturated rings. The number of halogens is 6. The third-order valence-electron chi connectivity index (χ3n) is 6.88. The molecule has 222 valence electrons. The number of nitrogens with zero attached hydrogens (tertiary/aromatic N) is 3. The van der Waals surface area contributed by atoms with Gasteiger partial charge in [-0.1, -0.05) is 31.4 Å². The average Bonchev–Trinajstić information content (AvgIpc) is 2.91. The van der Waals surface area contributed by atoms with Gasteiger partial charge in [-0.3, -0.25) is 0 Å². The van der Waals surface area contributed by atoms with Crippen LogP contribution in [0.2, 0.25) is 0 Å². The maximum atomic E-state index is 14.1. The molecule has 0 radical (unpaired) electrons. The van der Waals surface area contributed by atoms with Crippen molar-refractivity contribution in [3.05, 3.63) is 71.3 Å². The second-order valence-electron chi connectivity index (χ2n) is 9.84. The number of hydrogen-bond acceptors (Lipinski definition) is 6. The number of alkyl halides is 6. The van der Waals surface area contributed by atoms with Crippen molar-refractivity contribution in [1.29, 1.82) is 5.26 Å². The van der Waals surface area contributed by atoms with Crippen LogP contribution in [0.25, 0.3) is 11.1 Å². The van der Waals surface area contributed by atoms with E-state index < -0.39 is 60.9 Å². The molecule has 1 aliphatic rings. The number of aromatic nitrogens is 2. The molecule has 0 saturated heterocycles. The van der Waals surface area contributed by atoms with Crippen molar-refractivity contribution in [3.63, 3.8) is 0 Å². The van der Waals surface area contributed by atoms with E-state index in [4.69, 9.17) is 0 Å². The highest BCUT2D eigenvalue weighted by atomic mass is 32.2. The van der Waals surface area contributed by atoms with Crippen molar-refractivity contribution in [2.45, 2.75) is 54.9 Å². The number of carbonyl (C=O) groups excluding carboxylic acids is 1. The van der Waals surface area contributed by atoms with Crippen molar-refractivity contribution >= 4 is 21.6 Å². The van der Waals surface area contributed by atoms with Gasteiger partial charge in [-0.25, -0.2) is 23.2 Å². The zero-order valence-corrected chi connectivity index (χ0v) is 22.7. The fourth-order valence-corrected chi connectivity index (χ4v) is 5.90. The molecular formula is C27H23F6N5O3S. The van der Waals surface area contributed by atoms with Gasteiger partial charge in [0.15, 0.2) is 9.84 Å². The molecule has 2 amide bonds. The minimum absolute atomic E-state index is 0.108. The van der Waals surface area contributed by atoms with E-state index in [1.807, 2.05) is 6.07 Å². The van der Waals surface area contributed by atoms with Crippen molar-refractivity contribution < 1.29 is 39.6 Å². The Balaban J connectivity index is 1.69. The Bertz CT molecular complexity index is 1660. The number of urea groups is 1. The molecule has 0 aliphatic heterocycles. The van der Waals surface area contributed by atoms with Crippen molar-refractivity contribution in [2.24, 2.45) is 0 Å². The van der Waals surface area contributed by atoms with Crippen LogP contribution < -0.4 is 10.6 Å². The number of rotatable bonds is 5. The second-order valence-corrected chi connectivity index (χ2v) is 11.8. The lowest BCUT2D eigenvalue weighted by atomic mass is 9.79. The highest BCUT2D eigenvalue weighted by Crippen LogP contribution is 2.42. The maximum absolute atomic E-state index is 14.1. The van der Waals surface area contributed by atoms with Gasteiger partial charge in [0.2, 0.25) is 5.82 Å². The molecule has 1 aromatic heterocycles. The molecule has 0 atom stereocenters. The largest absolute Gasteiger partial charge is 0.417 e. The first-order valence-corrected chi connectivity index (χ1v) is 14.4. The molecule has 42 heavy (non-hydrogen) atoms. The smallest absolute Gasteiger partial charge is 0.327 e. The third-order valence-corrected chi connectivity index (χ3v) is 8.04. The van der Waals surface area contributed by atoms with Gasteiger partial charge >= 0.3 is 18.4 Å². The number of carbonyl (C=O) groups is 1. The molecule has 2 N–H and O–H groups in total. The summed E-state index contributed by atoms with van der Waals surface area (Å²) in [4.78, 5) is 20.0. The van der Waals surface area contributed by atoms with Crippen molar-refractivity contribution in [3.8, 4) is 17.2 Å². The topological polar surface area (TPSA) is 125 Å². The van der Waals surface area contributed by atoms with E-state index in [0.29, 0.717) is 43.0 Å². The summed E-state index contributed by atoms with van der Waals surface area (Å²) in [6.07, 6.45) is -5.02. The van der Waals surface area contributed by atoms with Crippen LogP contribution in [0.3, 0.4) is 0 Å². The summed E-state index contributed by atoms with van der Waals surface area (Å²) >= 11 is 0. The number of nitriles is 1. The Kier molecular flexibility index (Phi) is 8.23. The van der Waals surface area contributed by atoms with Crippen LogP contribution >= 0.6 is 0 Å². The van der Waals surface area contributed by atoms with Gasteiger partial charge in [0, 0.05) is 18.1 Å². The first-order chi connectivity index (χ1) is 19.5. The molecule has 3 aromatic rings. The van der Waals surface area contributed by atoms with E-state index in [2.05, 4.69) is 20.6 Å². The van der Waals surface area contributed by atoms with Crippen LogP contribution in [0.5, 0.6) is 0 Å². The molecule has 0 bridgehead atoms. The number of benzene rings is 2. The van der Waals surface area contributed by atoms with E-state index in [1.54, 1.807) is 6.07 Å². The molecule has 1 aliphatic carbocycles. The second kappa shape index (κ2) is 11.2. The number of sulfone groups is 1. The molecule has 15 heteroatoms. The van der Waals surface area contributed by atoms with Gasteiger partial charge in [-0.15, -0.1) is 0 Å². The molecule has 2 aromatic carbocycles. The van der Waals surface area contributed by atoms with Crippen LogP contribution in [0.1, 0.15) is 54.7 Å². The molecule has 0 unspecified atom stereocenters. The summed E-state index contributed by atoms with van der Waals surface area (Å²) in [5.41, 5.74) is -5.02. The van der Waals surface area contributed by atoms with E-state index >= 15 is 0 Å². The van der Waals surface area contributed by atoms with Gasteiger partial charge in [0.05, 0.1) is 27.3 Å². The zero-order valence-electron chi connectivity index (χ0n) is 21.9. The summed E-state index contributed by atoms with van der Waals surface area (Å²) in [5, 5.41) is 14.3. The van der Waals surface area contributed by atoms with Gasteiger partial charge < -0.3 is 10.6 Å². The first-order valence-electron chi connectivity index (χ1n) is 12.5. The van der Waals surface area contributed by atoms with Crippen LogP contribution in [0.4, 0.5) is 36.8 Å². The maximum Gasteiger partial charge on any atom is 0.417 e. The summed E-state index contributed by atoms with van der Waals surface area (Å²) in [7, 11) is -4.34. The Morgan fingerprint density at radius 1 is 0.952 bits per heavy atom. The van der Waals surface area contributed by atoms with Gasteiger partial charge in [-0.2, -0.15) is 31.6 Å². The third kappa shape index (κ3) is 6.64. The van der Waals surface area contributed by atoms with Gasteiger partial charge in [0.25, 0.3) is 0 Å². The first kappa shape index (κ1) is 30.8. The fourth-order valence-electron chi connectivity index (χ4n) is 5.01. The van der Waals surface area contributed by atoms with Crippen LogP contribution in [-0.2, 0) is 27.7 Å². The van der Waals surface area contributed by atoms with E-state index in [9.17, 15) is 44.8 Å². The Hall–Kier alpha value is -4.19. The van der Waals surface area contributed by atoms with Gasteiger partial charge in [0.1, 0.15) is 6.07 Å². The lowest BCUT2D eigenvalue weighted by Crippen LogP contribution is -2.49. The van der Waals surface area contributed by atoms with E-state index in [1.165, 1.54) is 6.20 Å². The molecule has 1 saturated carbocycles. The van der Waals surface area contributed by atoms with Crippen molar-refractivity contribution in [2.75, 3.05) is 11.6 Å². The van der Waals surface area contributed by atoms with Gasteiger partial charge in [-0.05, 0) is 54.3 Å². The standard InChI is InChI=1S/C27H23F6N5O3S/c1-42(40,41)21-8-5-16(13-20(21)27(31,32)33)18-7-6-17(14-19(18)26(28,29)30)36-24(39)38-25(10-3-2-4-11-25)22-9-12-35-23(15-34)37-22/h5-9,12-14H,2-4,10-11H2,1H3,(H2,36,38,39). The van der Waals surface area contributed by atoms with Crippen LogP contribution in [-0.4, -0.2) is 30.7 Å². The predicted octanol–water partition coefficient (Wildman–Crippen LogP) is 6.44. The lowest BCUT2D eigenvalue weighted by Gasteiger charge is -2.37. The Labute approximate surface area is 236 Å². The van der Waals surface area contributed by atoms with Crippen LogP contribution in [0, 0.1) is 11.3 Å². The fraction of sp³-hybridized carbons (Fsp3) is 0.333. The lowest BCUT2D eigenvalue weighted by molar-refractivity contribution is -0.139. The average molecular weight is 612 g/mol. The Morgan fingerprint density at radius 3 is 2.21 bits per heavy atom. The summed E-state index contributed by atoms with van der Waals surface area (Å²) < 4.78 is 107. The zero-order chi connectivity index (χ0) is 30.9. The highest BCUT2D eigenvalue weighted by molar-refractivity contribution is 7.90. The molecule has 4 rings (SSSR count). The summed E-state index contributed by atoms with van der Waals surface area (Å²) in [6, 6.07) is 6.92. The van der Waals surface area contributed by atoms with E-state index in [-0.39, 0.29) is 11.5 Å². The van der Waals surface area contributed by atoms with E-state index in [0.717, 1.165) is 37.5 Å². The normalized spacial score (nSPS) is 15.5. The summed E-state index contributed by atoms with van der Waals surface area (Å²) in [5.74, 6) is -0.108. The molecule has 8 nitrogen and oxygen atoms in total.